The highest BCUT2D eigenvalue weighted by Gasteiger charge is 2.34. The molecule has 0 heterocycles. The second-order valence-corrected chi connectivity index (χ2v) is 9.50. The number of benzene rings is 1. The van der Waals surface area contributed by atoms with Crippen LogP contribution in [-0.2, 0) is 25.6 Å². The zero-order valence-corrected chi connectivity index (χ0v) is 21.4. The first-order valence-electron chi connectivity index (χ1n) is 12.6. The first-order chi connectivity index (χ1) is 17.6. The van der Waals surface area contributed by atoms with Gasteiger partial charge in [-0.15, -0.1) is 0 Å². The summed E-state index contributed by atoms with van der Waals surface area (Å²) in [6.07, 6.45) is 5.33. The number of hydrogen-bond acceptors (Lipinski definition) is 6. The molecule has 1 aromatic rings. The van der Waals surface area contributed by atoms with Crippen molar-refractivity contribution in [3.05, 3.63) is 29.8 Å². The number of carbonyl (C=O) groups excluding carboxylic acids is 4. The van der Waals surface area contributed by atoms with E-state index >= 15 is 0 Å². The molecule has 1 saturated carbocycles. The molecule has 1 aromatic carbocycles. The maximum absolute atomic E-state index is 13.4. The molecule has 0 bridgehead atoms. The van der Waals surface area contributed by atoms with E-state index in [1.54, 1.807) is 24.3 Å². The number of amides is 4. The lowest BCUT2D eigenvalue weighted by Gasteiger charge is -2.32. The SMILES string of the molecule is CC(=O)N[C@@H](Cc1ccc(N)cc1)C(=O)N[C@H](C(=O)N[C@@H](CCCN=C(N)N)C(N)=O)C1CCCCC1. The topological polar surface area (TPSA) is 221 Å². The standard InChI is InChI=1S/C25H40N8O4/c1-15(34)31-20(14-16-9-11-18(26)12-10-16)23(36)33-21(17-6-3-2-4-7-17)24(37)32-19(22(27)35)8-5-13-30-25(28)29/h9-12,17,19-21H,2-8,13-14,26H2,1H3,(H2,27,35)(H,31,34)(H,32,37)(H,33,36)(H4,28,29,30)/t19-,20-,21-/m0/s1. The maximum Gasteiger partial charge on any atom is 0.243 e. The normalized spacial score (nSPS) is 16.0. The average molecular weight is 517 g/mol. The van der Waals surface area contributed by atoms with Crippen molar-refractivity contribution in [2.75, 3.05) is 12.3 Å². The molecular weight excluding hydrogens is 476 g/mol. The number of primary amides is 1. The summed E-state index contributed by atoms with van der Waals surface area (Å²) in [5, 5.41) is 8.23. The number of carbonyl (C=O) groups is 4. The number of nitrogens with two attached hydrogens (primary N) is 4. The highest BCUT2D eigenvalue weighted by atomic mass is 16.2. The van der Waals surface area contributed by atoms with Gasteiger partial charge in [0, 0.05) is 25.6 Å². The van der Waals surface area contributed by atoms with Crippen LogP contribution in [0.25, 0.3) is 0 Å². The molecule has 11 N–H and O–H groups in total. The van der Waals surface area contributed by atoms with Gasteiger partial charge in [0.05, 0.1) is 0 Å². The van der Waals surface area contributed by atoms with Gasteiger partial charge >= 0.3 is 0 Å². The van der Waals surface area contributed by atoms with Crippen LogP contribution in [0.3, 0.4) is 0 Å². The number of nitrogens with zero attached hydrogens (tertiary/aromatic N) is 1. The quantitative estimate of drug-likeness (QED) is 0.0780. The van der Waals surface area contributed by atoms with Gasteiger partial charge in [0.1, 0.15) is 18.1 Å². The van der Waals surface area contributed by atoms with Gasteiger partial charge < -0.3 is 38.9 Å². The van der Waals surface area contributed by atoms with E-state index in [0.717, 1.165) is 37.7 Å². The summed E-state index contributed by atoms with van der Waals surface area (Å²) < 4.78 is 0. The molecule has 0 aromatic heterocycles. The lowest BCUT2D eigenvalue weighted by molar-refractivity contribution is -0.134. The van der Waals surface area contributed by atoms with Crippen LogP contribution < -0.4 is 38.9 Å². The fourth-order valence-corrected chi connectivity index (χ4v) is 4.51. The molecule has 12 heteroatoms. The minimum absolute atomic E-state index is 0.0626. The minimum Gasteiger partial charge on any atom is -0.399 e. The molecule has 37 heavy (non-hydrogen) atoms. The molecule has 204 valence electrons. The van der Waals surface area contributed by atoms with E-state index in [-0.39, 0.29) is 37.2 Å². The van der Waals surface area contributed by atoms with Crippen LogP contribution in [0, 0.1) is 5.92 Å². The zero-order chi connectivity index (χ0) is 27.4. The summed E-state index contributed by atoms with van der Waals surface area (Å²) in [5.41, 5.74) is 23.3. The van der Waals surface area contributed by atoms with Crippen molar-refractivity contribution < 1.29 is 19.2 Å². The third-order valence-electron chi connectivity index (χ3n) is 6.42. The Hall–Kier alpha value is -3.83. The van der Waals surface area contributed by atoms with E-state index in [1.165, 1.54) is 6.92 Å². The van der Waals surface area contributed by atoms with E-state index < -0.39 is 35.8 Å². The zero-order valence-electron chi connectivity index (χ0n) is 21.4. The molecule has 1 fully saturated rings. The van der Waals surface area contributed by atoms with Crippen LogP contribution in [0.15, 0.2) is 29.3 Å². The average Bonchev–Trinajstić information content (AvgIpc) is 2.85. The summed E-state index contributed by atoms with van der Waals surface area (Å²) in [6, 6.07) is 4.28. The van der Waals surface area contributed by atoms with Crippen LogP contribution in [-0.4, -0.2) is 54.3 Å². The number of anilines is 1. The van der Waals surface area contributed by atoms with Gasteiger partial charge in [-0.05, 0) is 49.3 Å². The smallest absolute Gasteiger partial charge is 0.243 e. The van der Waals surface area contributed by atoms with Gasteiger partial charge in [0.15, 0.2) is 5.96 Å². The molecule has 0 aliphatic heterocycles. The van der Waals surface area contributed by atoms with Gasteiger partial charge in [-0.25, -0.2) is 0 Å². The third-order valence-corrected chi connectivity index (χ3v) is 6.42. The second kappa shape index (κ2) is 14.7. The predicted molar refractivity (Wildman–Crippen MR) is 142 cm³/mol. The third kappa shape index (κ3) is 10.4. The Labute approximate surface area is 217 Å². The van der Waals surface area contributed by atoms with Crippen molar-refractivity contribution in [2.45, 2.75) is 76.4 Å². The van der Waals surface area contributed by atoms with E-state index in [9.17, 15) is 19.2 Å². The Kier molecular flexibility index (Phi) is 11.7. The Morgan fingerprint density at radius 3 is 2.14 bits per heavy atom. The number of rotatable bonds is 13. The van der Waals surface area contributed by atoms with Crippen molar-refractivity contribution in [1.82, 2.24) is 16.0 Å². The number of aliphatic imine (C=N–C) groups is 1. The Bertz CT molecular complexity index is 956. The highest BCUT2D eigenvalue weighted by Crippen LogP contribution is 2.27. The molecule has 2 rings (SSSR count). The van der Waals surface area contributed by atoms with Crippen molar-refractivity contribution in [3.8, 4) is 0 Å². The van der Waals surface area contributed by atoms with Gasteiger partial charge in [0.2, 0.25) is 23.6 Å². The molecule has 0 saturated heterocycles. The van der Waals surface area contributed by atoms with Gasteiger partial charge in [0.25, 0.3) is 0 Å². The number of hydrogen-bond donors (Lipinski definition) is 7. The summed E-state index contributed by atoms with van der Waals surface area (Å²) in [7, 11) is 0. The lowest BCUT2D eigenvalue weighted by Crippen LogP contribution is -2.59. The van der Waals surface area contributed by atoms with Crippen LogP contribution in [0.5, 0.6) is 0 Å². The van der Waals surface area contributed by atoms with Crippen molar-refractivity contribution in [1.29, 1.82) is 0 Å². The molecule has 0 unspecified atom stereocenters. The molecule has 1 aliphatic carbocycles. The molecule has 3 atom stereocenters. The van der Waals surface area contributed by atoms with Crippen LogP contribution >= 0.6 is 0 Å². The van der Waals surface area contributed by atoms with E-state index in [0.29, 0.717) is 12.1 Å². The van der Waals surface area contributed by atoms with Crippen LogP contribution in [0.4, 0.5) is 5.69 Å². The number of nitrogen functional groups attached to an aromatic ring is 1. The van der Waals surface area contributed by atoms with Crippen molar-refractivity contribution in [2.24, 2.45) is 28.1 Å². The van der Waals surface area contributed by atoms with Crippen molar-refractivity contribution in [3.63, 3.8) is 0 Å². The minimum atomic E-state index is -0.939. The number of guanidine groups is 1. The van der Waals surface area contributed by atoms with Gasteiger partial charge in [-0.1, -0.05) is 31.4 Å². The second-order valence-electron chi connectivity index (χ2n) is 9.50. The van der Waals surface area contributed by atoms with Crippen molar-refractivity contribution >= 4 is 35.3 Å². The molecular formula is C25H40N8O4. The Balaban J connectivity index is 2.17. The fourth-order valence-electron chi connectivity index (χ4n) is 4.51. The van der Waals surface area contributed by atoms with Crippen LogP contribution in [0.1, 0.15) is 57.4 Å². The summed E-state index contributed by atoms with van der Waals surface area (Å²) in [4.78, 5) is 54.5. The first-order valence-corrected chi connectivity index (χ1v) is 12.6. The van der Waals surface area contributed by atoms with E-state index in [2.05, 4.69) is 20.9 Å². The summed E-state index contributed by atoms with van der Waals surface area (Å²) >= 11 is 0. The molecule has 12 nitrogen and oxygen atoms in total. The Morgan fingerprint density at radius 2 is 1.57 bits per heavy atom. The molecule has 1 aliphatic rings. The van der Waals surface area contributed by atoms with E-state index in [4.69, 9.17) is 22.9 Å². The van der Waals surface area contributed by atoms with Gasteiger partial charge in [-0.3, -0.25) is 24.2 Å². The van der Waals surface area contributed by atoms with Gasteiger partial charge in [-0.2, -0.15) is 0 Å². The summed E-state index contributed by atoms with van der Waals surface area (Å²) in [6.45, 7) is 1.61. The first kappa shape index (κ1) is 29.4. The number of nitrogens with one attached hydrogen (secondary N) is 3. The summed E-state index contributed by atoms with van der Waals surface area (Å²) in [5.74, 6) is -2.20. The largest absolute Gasteiger partial charge is 0.399 e. The van der Waals surface area contributed by atoms with Crippen LogP contribution in [0.2, 0.25) is 0 Å². The Morgan fingerprint density at radius 1 is 0.919 bits per heavy atom. The lowest BCUT2D eigenvalue weighted by atomic mass is 9.83. The fraction of sp³-hybridized carbons (Fsp3) is 0.560. The van der Waals surface area contributed by atoms with E-state index in [1.807, 2.05) is 0 Å². The monoisotopic (exact) mass is 516 g/mol. The predicted octanol–water partition coefficient (Wildman–Crippen LogP) is -0.595. The molecule has 0 spiro atoms. The molecule has 4 amide bonds. The highest BCUT2D eigenvalue weighted by molar-refractivity contribution is 5.94. The maximum atomic E-state index is 13.4. The molecule has 0 radical (unpaired) electrons.